The zero-order valence-electron chi connectivity index (χ0n) is 9.79. The van der Waals surface area contributed by atoms with Crippen molar-refractivity contribution >= 4 is 33.2 Å². The Morgan fingerprint density at radius 3 is 3.18 bits per heavy atom. The highest BCUT2D eigenvalue weighted by atomic mass is 35.5. The number of nitrogens with one attached hydrogen (secondary N) is 1. The molecule has 3 rings (SSSR count). The minimum absolute atomic E-state index is 0.607. The highest BCUT2D eigenvalue weighted by molar-refractivity contribution is 7.18. The first-order valence-electron chi connectivity index (χ1n) is 6.01. The van der Waals surface area contributed by atoms with E-state index < -0.39 is 0 Å². The first-order chi connectivity index (χ1) is 8.22. The normalized spacial score (nSPS) is 20.2. The molecular weight excluding hydrogens is 252 g/mol. The predicted molar refractivity (Wildman–Crippen MR) is 74.1 cm³/mol. The van der Waals surface area contributed by atoms with Crippen LogP contribution in [0.5, 0.6) is 0 Å². The molecule has 1 aliphatic rings. The largest absolute Gasteiger partial charge is 0.314 e. The van der Waals surface area contributed by atoms with Crippen molar-refractivity contribution in [2.75, 3.05) is 6.54 Å². The zero-order chi connectivity index (χ0) is 11.8. The molecule has 90 valence electrons. The molecular formula is C13H15ClN2S. The number of aryl methyl sites for hydroxylation is 1. The van der Waals surface area contributed by atoms with E-state index in [2.05, 4.69) is 23.3 Å². The molecule has 1 N–H and O–H groups in total. The molecule has 1 atom stereocenters. The maximum absolute atomic E-state index is 6.22. The molecule has 0 spiro atoms. The summed E-state index contributed by atoms with van der Waals surface area (Å²) < 4.78 is 1.21. The molecule has 1 fully saturated rings. The van der Waals surface area contributed by atoms with Crippen LogP contribution in [0.25, 0.3) is 10.2 Å². The second-order valence-corrected chi connectivity index (χ2v) is 6.22. The van der Waals surface area contributed by atoms with Gasteiger partial charge in [-0.2, -0.15) is 0 Å². The molecule has 1 aliphatic heterocycles. The lowest BCUT2D eigenvalue weighted by Gasteiger charge is -2.05. The fraction of sp³-hybridized carbons (Fsp3) is 0.462. The number of hydrogen-bond donors (Lipinski definition) is 1. The van der Waals surface area contributed by atoms with Crippen molar-refractivity contribution in [1.29, 1.82) is 0 Å². The molecule has 1 aromatic carbocycles. The van der Waals surface area contributed by atoms with Crippen molar-refractivity contribution < 1.29 is 0 Å². The lowest BCUT2D eigenvalue weighted by Crippen LogP contribution is -2.23. The van der Waals surface area contributed by atoms with Gasteiger partial charge in [-0.15, -0.1) is 11.3 Å². The van der Waals surface area contributed by atoms with Gasteiger partial charge in [0.05, 0.1) is 14.7 Å². The van der Waals surface area contributed by atoms with E-state index in [-0.39, 0.29) is 0 Å². The Hall–Kier alpha value is -0.640. The Morgan fingerprint density at radius 1 is 1.53 bits per heavy atom. The Morgan fingerprint density at radius 2 is 2.41 bits per heavy atom. The van der Waals surface area contributed by atoms with Gasteiger partial charge in [-0.25, -0.2) is 4.98 Å². The van der Waals surface area contributed by atoms with E-state index >= 15 is 0 Å². The van der Waals surface area contributed by atoms with E-state index in [9.17, 15) is 0 Å². The number of hydrogen-bond acceptors (Lipinski definition) is 3. The van der Waals surface area contributed by atoms with Crippen LogP contribution in [0.2, 0.25) is 5.02 Å². The zero-order valence-corrected chi connectivity index (χ0v) is 11.4. The molecule has 0 radical (unpaired) electrons. The fourth-order valence-corrected chi connectivity index (χ4v) is 3.94. The second-order valence-electron chi connectivity index (χ2n) is 4.70. The molecule has 0 bridgehead atoms. The minimum Gasteiger partial charge on any atom is -0.314 e. The molecule has 1 saturated heterocycles. The van der Waals surface area contributed by atoms with Crippen molar-refractivity contribution in [3.8, 4) is 0 Å². The first kappa shape index (κ1) is 11.5. The van der Waals surface area contributed by atoms with E-state index in [0.29, 0.717) is 6.04 Å². The van der Waals surface area contributed by atoms with Gasteiger partial charge in [0.2, 0.25) is 0 Å². The fourth-order valence-electron chi connectivity index (χ4n) is 2.39. The number of nitrogens with zero attached hydrogens (tertiary/aromatic N) is 1. The molecule has 1 aromatic heterocycles. The van der Waals surface area contributed by atoms with E-state index in [1.807, 2.05) is 6.07 Å². The standard InChI is InChI=1S/C13H15ClN2S/c1-8-5-10(14)13-11(6-8)17-12(16-13)7-9-3-2-4-15-9/h5-6,9,15H,2-4,7H2,1H3. The monoisotopic (exact) mass is 266 g/mol. The van der Waals surface area contributed by atoms with Crippen LogP contribution < -0.4 is 5.32 Å². The van der Waals surface area contributed by atoms with E-state index in [1.54, 1.807) is 11.3 Å². The molecule has 0 aliphatic carbocycles. The van der Waals surface area contributed by atoms with Crippen LogP contribution in [0, 0.1) is 6.92 Å². The first-order valence-corrected chi connectivity index (χ1v) is 7.21. The van der Waals surface area contributed by atoms with Crippen LogP contribution in [0.3, 0.4) is 0 Å². The number of rotatable bonds is 2. The molecule has 0 amide bonds. The summed E-state index contributed by atoms with van der Waals surface area (Å²) in [6.07, 6.45) is 3.59. The van der Waals surface area contributed by atoms with E-state index in [0.717, 1.165) is 23.5 Å². The Balaban J connectivity index is 1.93. The predicted octanol–water partition coefficient (Wildman–Crippen LogP) is 3.55. The van der Waals surface area contributed by atoms with Crippen molar-refractivity contribution in [2.45, 2.75) is 32.2 Å². The van der Waals surface area contributed by atoms with Gasteiger partial charge in [0.25, 0.3) is 0 Å². The molecule has 4 heteroatoms. The molecule has 0 saturated carbocycles. The van der Waals surface area contributed by atoms with Gasteiger partial charge in [0, 0.05) is 12.5 Å². The van der Waals surface area contributed by atoms with Crippen LogP contribution in [0.15, 0.2) is 12.1 Å². The average molecular weight is 267 g/mol. The van der Waals surface area contributed by atoms with Gasteiger partial charge in [-0.05, 0) is 44.0 Å². The summed E-state index contributed by atoms with van der Waals surface area (Å²) >= 11 is 8.00. The number of halogens is 1. The van der Waals surface area contributed by atoms with Crippen molar-refractivity contribution in [3.05, 3.63) is 27.7 Å². The average Bonchev–Trinajstić information content (AvgIpc) is 2.87. The van der Waals surface area contributed by atoms with Crippen molar-refractivity contribution in [1.82, 2.24) is 10.3 Å². The third kappa shape index (κ3) is 2.32. The van der Waals surface area contributed by atoms with Gasteiger partial charge in [0.1, 0.15) is 5.52 Å². The molecule has 2 aromatic rings. The Kier molecular flexibility index (Phi) is 3.07. The maximum atomic E-state index is 6.22. The molecule has 2 heterocycles. The van der Waals surface area contributed by atoms with Crippen molar-refractivity contribution in [2.24, 2.45) is 0 Å². The summed E-state index contributed by atoms with van der Waals surface area (Å²) in [6, 6.07) is 4.77. The molecule has 2 nitrogen and oxygen atoms in total. The lowest BCUT2D eigenvalue weighted by molar-refractivity contribution is 0.602. The van der Waals surface area contributed by atoms with Gasteiger partial charge in [-0.3, -0.25) is 0 Å². The summed E-state index contributed by atoms with van der Waals surface area (Å²) in [4.78, 5) is 4.66. The summed E-state index contributed by atoms with van der Waals surface area (Å²) in [7, 11) is 0. The second kappa shape index (κ2) is 4.56. The summed E-state index contributed by atoms with van der Waals surface area (Å²) in [5.74, 6) is 0. The van der Waals surface area contributed by atoms with E-state index in [4.69, 9.17) is 11.6 Å². The molecule has 17 heavy (non-hydrogen) atoms. The Bertz CT molecular complexity index is 544. The highest BCUT2D eigenvalue weighted by Gasteiger charge is 2.17. The number of thiazole rings is 1. The quantitative estimate of drug-likeness (QED) is 0.899. The number of aromatic nitrogens is 1. The van der Waals surface area contributed by atoms with Crippen LogP contribution in [0.4, 0.5) is 0 Å². The van der Waals surface area contributed by atoms with Crippen LogP contribution in [0.1, 0.15) is 23.4 Å². The Labute approximate surface area is 110 Å². The van der Waals surface area contributed by atoms with Crippen LogP contribution in [-0.4, -0.2) is 17.6 Å². The summed E-state index contributed by atoms with van der Waals surface area (Å²) in [5, 5.41) is 5.49. The highest BCUT2D eigenvalue weighted by Crippen LogP contribution is 2.30. The summed E-state index contributed by atoms with van der Waals surface area (Å²) in [6.45, 7) is 3.22. The molecule has 1 unspecified atom stereocenters. The lowest BCUT2D eigenvalue weighted by atomic mass is 10.2. The van der Waals surface area contributed by atoms with Crippen molar-refractivity contribution in [3.63, 3.8) is 0 Å². The number of benzene rings is 1. The van der Waals surface area contributed by atoms with Gasteiger partial charge in [-0.1, -0.05) is 11.6 Å². The van der Waals surface area contributed by atoms with Crippen LogP contribution >= 0.6 is 22.9 Å². The maximum Gasteiger partial charge on any atom is 0.100 e. The smallest absolute Gasteiger partial charge is 0.100 e. The SMILES string of the molecule is Cc1cc(Cl)c2nc(CC3CCCN3)sc2c1. The van der Waals surface area contributed by atoms with Gasteiger partial charge >= 0.3 is 0 Å². The number of fused-ring (bicyclic) bond motifs is 1. The van der Waals surface area contributed by atoms with Gasteiger partial charge in [0.15, 0.2) is 0 Å². The minimum atomic E-state index is 0.607. The third-order valence-electron chi connectivity index (χ3n) is 3.22. The summed E-state index contributed by atoms with van der Waals surface area (Å²) in [5.41, 5.74) is 2.17. The van der Waals surface area contributed by atoms with Gasteiger partial charge < -0.3 is 5.32 Å². The topological polar surface area (TPSA) is 24.9 Å². The third-order valence-corrected chi connectivity index (χ3v) is 4.53. The van der Waals surface area contributed by atoms with Crippen LogP contribution in [-0.2, 0) is 6.42 Å². The van der Waals surface area contributed by atoms with E-state index in [1.165, 1.54) is 28.1 Å².